The molecule has 1 aliphatic heterocycles. The largest absolute Gasteiger partial charge is 0.422 e. The topological polar surface area (TPSA) is 94.9 Å². The molecule has 4 heterocycles. The lowest BCUT2D eigenvalue weighted by molar-refractivity contribution is 0.0662. The minimum Gasteiger partial charge on any atom is -0.422 e. The molecule has 1 N–H and O–H groups in total. The van der Waals surface area contributed by atoms with Crippen molar-refractivity contribution in [3.8, 4) is 11.8 Å². The summed E-state index contributed by atoms with van der Waals surface area (Å²) in [5, 5.41) is 4.80. The first-order valence-corrected chi connectivity index (χ1v) is 7.43. The number of fused-ring (bicyclic) bond motifs is 1. The van der Waals surface area contributed by atoms with Gasteiger partial charge in [0.05, 0.1) is 35.5 Å². The molecule has 23 heavy (non-hydrogen) atoms. The summed E-state index contributed by atoms with van der Waals surface area (Å²) < 4.78 is 12.9. The average Bonchev–Trinajstić information content (AvgIpc) is 3.04. The lowest BCUT2D eigenvalue weighted by Gasteiger charge is -2.21. The zero-order valence-electron chi connectivity index (χ0n) is 12.3. The Hall–Kier alpha value is -2.74. The van der Waals surface area contributed by atoms with E-state index < -0.39 is 0 Å². The van der Waals surface area contributed by atoms with Crippen molar-refractivity contribution in [3.05, 3.63) is 41.2 Å². The predicted molar refractivity (Wildman–Crippen MR) is 81.5 cm³/mol. The van der Waals surface area contributed by atoms with Crippen LogP contribution in [0.2, 0.25) is 0 Å². The molecule has 4 rings (SSSR count). The van der Waals surface area contributed by atoms with Crippen LogP contribution in [0.1, 0.15) is 18.9 Å². The van der Waals surface area contributed by atoms with Gasteiger partial charge < -0.3 is 9.47 Å². The molecule has 0 unspecified atom stereocenters. The van der Waals surface area contributed by atoms with E-state index in [9.17, 15) is 4.79 Å². The normalized spacial score (nSPS) is 15.8. The molecule has 8 nitrogen and oxygen atoms in total. The highest BCUT2D eigenvalue weighted by molar-refractivity contribution is 5.76. The van der Waals surface area contributed by atoms with Crippen LogP contribution >= 0.6 is 0 Å². The molecule has 0 saturated carbocycles. The van der Waals surface area contributed by atoms with E-state index in [2.05, 4.69) is 20.1 Å². The van der Waals surface area contributed by atoms with Crippen LogP contribution in [0.25, 0.3) is 10.9 Å². The molecular weight excluding hydrogens is 298 g/mol. The van der Waals surface area contributed by atoms with Crippen LogP contribution < -0.4 is 10.3 Å². The molecule has 1 fully saturated rings. The Morgan fingerprint density at radius 1 is 1.30 bits per heavy atom. The number of H-pyrrole nitrogens is 1. The van der Waals surface area contributed by atoms with Crippen LogP contribution in [0.4, 0.5) is 0 Å². The maximum atomic E-state index is 12.0. The Morgan fingerprint density at radius 3 is 3.04 bits per heavy atom. The fourth-order valence-corrected chi connectivity index (χ4v) is 2.65. The first kappa shape index (κ1) is 13.9. The molecule has 0 bridgehead atoms. The number of hydrogen-bond donors (Lipinski definition) is 1. The monoisotopic (exact) mass is 313 g/mol. The highest BCUT2D eigenvalue weighted by Crippen LogP contribution is 2.24. The minimum absolute atomic E-state index is 0.127. The van der Waals surface area contributed by atoms with Crippen molar-refractivity contribution in [1.82, 2.24) is 24.7 Å². The number of aromatic amines is 1. The molecule has 3 aromatic heterocycles. The maximum Gasteiger partial charge on any atom is 0.302 e. The van der Waals surface area contributed by atoms with E-state index in [1.807, 2.05) is 10.9 Å². The summed E-state index contributed by atoms with van der Waals surface area (Å²) in [6.07, 6.45) is 8.36. The summed E-state index contributed by atoms with van der Waals surface area (Å²) in [5.74, 6) is 0.530. The van der Waals surface area contributed by atoms with E-state index in [4.69, 9.17) is 9.47 Å². The molecule has 1 aliphatic rings. The highest BCUT2D eigenvalue weighted by atomic mass is 16.5. The zero-order chi connectivity index (χ0) is 15.6. The predicted octanol–water partition coefficient (Wildman–Crippen LogP) is 1.66. The van der Waals surface area contributed by atoms with Gasteiger partial charge in [-0.25, -0.2) is 0 Å². The van der Waals surface area contributed by atoms with Crippen LogP contribution in [0.5, 0.6) is 11.8 Å². The summed E-state index contributed by atoms with van der Waals surface area (Å²) in [7, 11) is 0. The van der Waals surface area contributed by atoms with E-state index in [1.165, 1.54) is 6.20 Å². The third-order valence-electron chi connectivity index (χ3n) is 3.84. The van der Waals surface area contributed by atoms with Gasteiger partial charge in [-0.15, -0.1) is 0 Å². The van der Waals surface area contributed by atoms with E-state index in [0.29, 0.717) is 22.7 Å². The number of nitrogens with zero attached hydrogens (tertiary/aromatic N) is 4. The van der Waals surface area contributed by atoms with Gasteiger partial charge in [0.1, 0.15) is 0 Å². The zero-order valence-corrected chi connectivity index (χ0v) is 12.3. The van der Waals surface area contributed by atoms with E-state index in [-0.39, 0.29) is 11.6 Å². The van der Waals surface area contributed by atoms with Crippen LogP contribution in [-0.4, -0.2) is 37.9 Å². The van der Waals surface area contributed by atoms with E-state index in [0.717, 1.165) is 26.1 Å². The van der Waals surface area contributed by atoms with Crippen LogP contribution in [0, 0.1) is 0 Å². The first-order valence-electron chi connectivity index (χ1n) is 7.43. The standard InChI is InChI=1S/C15H15N5O3/c21-14-12-1-4-16-8-13(12)18-15(19-14)23-11-7-17-20(9-11)10-2-5-22-6-3-10/h1,4,7-10H,2-3,5-6H2,(H,18,19,21). The summed E-state index contributed by atoms with van der Waals surface area (Å²) in [6, 6.07) is 2.06. The van der Waals surface area contributed by atoms with E-state index >= 15 is 0 Å². The van der Waals surface area contributed by atoms with Gasteiger partial charge >= 0.3 is 6.01 Å². The molecular formula is C15H15N5O3. The third-order valence-corrected chi connectivity index (χ3v) is 3.84. The van der Waals surface area contributed by atoms with Crippen molar-refractivity contribution in [2.45, 2.75) is 18.9 Å². The Kier molecular flexibility index (Phi) is 3.51. The molecule has 0 radical (unpaired) electrons. The Labute approximate surface area is 131 Å². The molecule has 0 aliphatic carbocycles. The summed E-state index contributed by atoms with van der Waals surface area (Å²) in [4.78, 5) is 22.8. The van der Waals surface area contributed by atoms with Gasteiger partial charge in [-0.1, -0.05) is 0 Å². The van der Waals surface area contributed by atoms with Crippen molar-refractivity contribution < 1.29 is 9.47 Å². The van der Waals surface area contributed by atoms with Gasteiger partial charge in [0.15, 0.2) is 5.75 Å². The quantitative estimate of drug-likeness (QED) is 0.790. The Balaban J connectivity index is 1.58. The molecule has 0 aromatic carbocycles. The van der Waals surface area contributed by atoms with Crippen LogP contribution in [0.3, 0.4) is 0 Å². The van der Waals surface area contributed by atoms with Crippen molar-refractivity contribution in [3.63, 3.8) is 0 Å². The molecule has 0 amide bonds. The average molecular weight is 313 g/mol. The lowest BCUT2D eigenvalue weighted by atomic mass is 10.1. The Morgan fingerprint density at radius 2 is 2.17 bits per heavy atom. The minimum atomic E-state index is -0.260. The van der Waals surface area contributed by atoms with Crippen molar-refractivity contribution in [2.75, 3.05) is 13.2 Å². The number of nitrogens with one attached hydrogen (secondary N) is 1. The second kappa shape index (κ2) is 5.81. The molecule has 118 valence electrons. The number of hydrogen-bond acceptors (Lipinski definition) is 6. The van der Waals surface area contributed by atoms with Crippen molar-refractivity contribution in [2.24, 2.45) is 0 Å². The highest BCUT2D eigenvalue weighted by Gasteiger charge is 2.17. The van der Waals surface area contributed by atoms with Crippen LogP contribution in [-0.2, 0) is 4.74 Å². The SMILES string of the molecule is O=c1[nH]c(Oc2cnn(C3CCOCC3)c2)nc2cnccc12. The van der Waals surface area contributed by atoms with Crippen LogP contribution in [0.15, 0.2) is 35.6 Å². The molecule has 0 spiro atoms. The van der Waals surface area contributed by atoms with Gasteiger partial charge in [0, 0.05) is 19.4 Å². The number of pyridine rings is 1. The molecule has 8 heteroatoms. The fourth-order valence-electron chi connectivity index (χ4n) is 2.65. The van der Waals surface area contributed by atoms with Gasteiger partial charge in [0.2, 0.25) is 0 Å². The second-order valence-corrected chi connectivity index (χ2v) is 5.37. The number of aromatic nitrogens is 5. The van der Waals surface area contributed by atoms with Gasteiger partial charge in [-0.3, -0.25) is 19.4 Å². The lowest BCUT2D eigenvalue weighted by Crippen LogP contribution is -2.19. The van der Waals surface area contributed by atoms with Gasteiger partial charge in [0.25, 0.3) is 5.56 Å². The van der Waals surface area contributed by atoms with Crippen molar-refractivity contribution in [1.29, 1.82) is 0 Å². The second-order valence-electron chi connectivity index (χ2n) is 5.37. The Bertz CT molecular complexity index is 882. The van der Waals surface area contributed by atoms with Gasteiger partial charge in [-0.2, -0.15) is 10.1 Å². The summed E-state index contributed by atoms with van der Waals surface area (Å²) in [5.41, 5.74) is 0.229. The summed E-state index contributed by atoms with van der Waals surface area (Å²) >= 11 is 0. The molecule has 0 atom stereocenters. The third kappa shape index (κ3) is 2.80. The molecule has 1 saturated heterocycles. The van der Waals surface area contributed by atoms with Gasteiger partial charge in [-0.05, 0) is 18.9 Å². The fraction of sp³-hybridized carbons (Fsp3) is 0.333. The summed E-state index contributed by atoms with van der Waals surface area (Å²) in [6.45, 7) is 1.49. The number of rotatable bonds is 3. The van der Waals surface area contributed by atoms with E-state index in [1.54, 1.807) is 18.5 Å². The number of ether oxygens (including phenoxy) is 2. The first-order chi connectivity index (χ1) is 11.3. The molecule has 3 aromatic rings. The smallest absolute Gasteiger partial charge is 0.302 e. The van der Waals surface area contributed by atoms with Crippen molar-refractivity contribution >= 4 is 10.9 Å². The maximum absolute atomic E-state index is 12.0.